The van der Waals surface area contributed by atoms with E-state index in [1.807, 2.05) is 0 Å². The molecule has 1 saturated heterocycles. The molecule has 0 bridgehead atoms. The Labute approximate surface area is 172 Å². The van der Waals surface area contributed by atoms with Gasteiger partial charge in [0.05, 0.1) is 0 Å². The molecule has 144 valence electrons. The topological polar surface area (TPSA) is 20.3 Å². The Kier molecular flexibility index (Phi) is 5.84. The van der Waals surface area contributed by atoms with Crippen molar-refractivity contribution in [1.82, 2.24) is 4.90 Å². The number of hydrogen-bond acceptors (Lipinski definition) is 3. The van der Waals surface area contributed by atoms with Crippen LogP contribution in [0.5, 0.6) is 0 Å². The first-order chi connectivity index (χ1) is 13.7. The van der Waals surface area contributed by atoms with E-state index in [1.165, 1.54) is 32.7 Å². The number of fused-ring (bicyclic) bond motifs is 2. The van der Waals surface area contributed by atoms with E-state index in [0.29, 0.717) is 6.42 Å². The summed E-state index contributed by atoms with van der Waals surface area (Å²) in [6, 6.07) is 15.6. The zero-order valence-electron chi connectivity index (χ0n) is 16.7. The highest BCUT2D eigenvalue weighted by Crippen LogP contribution is 2.40. The molecular formula is C25H27NOS. The van der Waals surface area contributed by atoms with Gasteiger partial charge in [0.2, 0.25) is 0 Å². The summed E-state index contributed by atoms with van der Waals surface area (Å²) in [5, 5.41) is 0. The van der Waals surface area contributed by atoms with Crippen molar-refractivity contribution in [2.75, 3.05) is 25.9 Å². The summed E-state index contributed by atoms with van der Waals surface area (Å²) in [6.07, 6.45) is 9.46. The summed E-state index contributed by atoms with van der Waals surface area (Å²) in [5.41, 5.74) is 8.29. The van der Waals surface area contributed by atoms with E-state index in [4.69, 9.17) is 0 Å². The molecule has 0 radical (unpaired) electrons. The minimum atomic E-state index is 0.284. The number of benzene rings is 2. The van der Waals surface area contributed by atoms with Crippen LogP contribution in [0.25, 0.3) is 17.7 Å². The lowest BCUT2D eigenvalue weighted by Gasteiger charge is -2.30. The smallest absolute Gasteiger partial charge is 0.131 e. The van der Waals surface area contributed by atoms with Crippen LogP contribution in [0.15, 0.2) is 52.9 Å². The number of carbonyl (C=O) groups excluding carboxylic acids is 1. The molecule has 0 amide bonds. The third-order valence-corrected chi connectivity index (χ3v) is 6.52. The van der Waals surface area contributed by atoms with E-state index in [1.54, 1.807) is 24.3 Å². The number of carbonyl (C=O) groups is 1. The molecule has 0 aromatic heterocycles. The van der Waals surface area contributed by atoms with Gasteiger partial charge in [-0.3, -0.25) is 4.79 Å². The van der Waals surface area contributed by atoms with Crippen molar-refractivity contribution in [3.05, 3.63) is 70.3 Å². The number of piperidine rings is 1. The summed E-state index contributed by atoms with van der Waals surface area (Å²) in [4.78, 5) is 15.1. The molecule has 3 heteroatoms. The fourth-order valence-corrected chi connectivity index (χ4v) is 4.65. The molecule has 0 N–H and O–H groups in total. The molecule has 2 aromatic rings. The monoisotopic (exact) mass is 389 g/mol. The van der Waals surface area contributed by atoms with Crippen molar-refractivity contribution in [1.29, 1.82) is 0 Å². The second-order valence-electron chi connectivity index (χ2n) is 7.65. The average molecular weight is 390 g/mol. The summed E-state index contributed by atoms with van der Waals surface area (Å²) >= 11 is 1.80. The predicted octanol–water partition coefficient (Wildman–Crippen LogP) is 5.77. The van der Waals surface area contributed by atoms with Crippen LogP contribution >= 0.6 is 11.8 Å². The van der Waals surface area contributed by atoms with Gasteiger partial charge in [-0.2, -0.15) is 0 Å². The predicted molar refractivity (Wildman–Crippen MR) is 121 cm³/mol. The molecule has 0 atom stereocenters. The molecule has 1 fully saturated rings. The minimum absolute atomic E-state index is 0.284. The van der Waals surface area contributed by atoms with Gasteiger partial charge in [0, 0.05) is 31.0 Å². The van der Waals surface area contributed by atoms with Crippen molar-refractivity contribution in [3.63, 3.8) is 0 Å². The van der Waals surface area contributed by atoms with Crippen LogP contribution < -0.4 is 0 Å². The fraction of sp³-hybridized carbons (Fsp3) is 0.320. The van der Waals surface area contributed by atoms with Gasteiger partial charge in [-0.05, 0) is 66.0 Å². The van der Waals surface area contributed by atoms with E-state index in [9.17, 15) is 4.79 Å². The van der Waals surface area contributed by atoms with Gasteiger partial charge in [0.15, 0.2) is 0 Å². The van der Waals surface area contributed by atoms with Crippen LogP contribution in [0, 0.1) is 0 Å². The minimum Gasteiger partial charge on any atom is -0.302 e. The Morgan fingerprint density at radius 3 is 2.43 bits per heavy atom. The summed E-state index contributed by atoms with van der Waals surface area (Å²) in [7, 11) is 0. The molecule has 1 aliphatic heterocycles. The largest absolute Gasteiger partial charge is 0.302 e. The van der Waals surface area contributed by atoms with Gasteiger partial charge in [0.25, 0.3) is 0 Å². The summed E-state index contributed by atoms with van der Waals surface area (Å²) < 4.78 is 0. The quantitative estimate of drug-likeness (QED) is 0.528. The van der Waals surface area contributed by atoms with E-state index >= 15 is 0 Å². The van der Waals surface area contributed by atoms with Crippen molar-refractivity contribution in [2.24, 2.45) is 0 Å². The fourth-order valence-electron chi connectivity index (χ4n) is 4.21. The maximum atomic E-state index is 11.3. The average Bonchev–Trinajstić information content (AvgIpc) is 2.89. The van der Waals surface area contributed by atoms with Gasteiger partial charge in [0.1, 0.15) is 5.78 Å². The number of rotatable bonds is 4. The lowest BCUT2D eigenvalue weighted by atomic mass is 9.86. The highest BCUT2D eigenvalue weighted by atomic mass is 32.2. The third kappa shape index (κ3) is 4.01. The van der Waals surface area contributed by atoms with Gasteiger partial charge in [-0.25, -0.2) is 0 Å². The van der Waals surface area contributed by atoms with Crippen LogP contribution in [-0.4, -0.2) is 36.6 Å². The zero-order chi connectivity index (χ0) is 19.5. The van der Waals surface area contributed by atoms with Crippen molar-refractivity contribution in [3.8, 4) is 0 Å². The molecule has 28 heavy (non-hydrogen) atoms. The molecule has 0 spiro atoms. The molecule has 0 saturated carbocycles. The lowest BCUT2D eigenvalue weighted by molar-refractivity contribution is -0.117. The first-order valence-electron chi connectivity index (χ1n) is 10.1. The van der Waals surface area contributed by atoms with Crippen LogP contribution in [0.3, 0.4) is 0 Å². The Hall–Kier alpha value is -2.10. The van der Waals surface area contributed by atoms with Crippen LogP contribution in [0.4, 0.5) is 0 Å². The van der Waals surface area contributed by atoms with E-state index in [2.05, 4.69) is 65.8 Å². The van der Waals surface area contributed by atoms with Crippen LogP contribution in [-0.2, 0) is 4.79 Å². The normalized spacial score (nSPS) is 16.5. The second kappa shape index (κ2) is 8.50. The molecular weight excluding hydrogens is 362 g/mol. The van der Waals surface area contributed by atoms with Gasteiger partial charge in [-0.15, -0.1) is 11.8 Å². The Morgan fingerprint density at radius 1 is 1.00 bits per heavy atom. The SMILES string of the molecule is CSc1ccc2c(c1)C(=C1CCN(CCC(C)=O)CC1)c1ccccc1C=C2. The number of Topliss-reactive ketones (excluding diaryl/α,β-unsaturated/α-hetero) is 1. The highest BCUT2D eigenvalue weighted by Gasteiger charge is 2.22. The molecule has 2 aromatic carbocycles. The number of thioether (sulfide) groups is 1. The maximum Gasteiger partial charge on any atom is 0.131 e. The first-order valence-corrected chi connectivity index (χ1v) is 11.3. The molecule has 4 rings (SSSR count). The molecule has 1 heterocycles. The molecule has 0 unspecified atom stereocenters. The third-order valence-electron chi connectivity index (χ3n) is 5.80. The number of nitrogens with zero attached hydrogens (tertiary/aromatic N) is 1. The van der Waals surface area contributed by atoms with Crippen molar-refractivity contribution >= 4 is 35.3 Å². The number of likely N-dealkylation sites (tertiary alicyclic amines) is 1. The van der Waals surface area contributed by atoms with Gasteiger partial charge < -0.3 is 4.90 Å². The van der Waals surface area contributed by atoms with E-state index in [0.717, 1.165) is 32.5 Å². The Balaban J connectivity index is 1.75. The van der Waals surface area contributed by atoms with Gasteiger partial charge in [-0.1, -0.05) is 48.1 Å². The van der Waals surface area contributed by atoms with Gasteiger partial charge >= 0.3 is 0 Å². The Bertz CT molecular complexity index is 947. The first kappa shape index (κ1) is 19.2. The van der Waals surface area contributed by atoms with Crippen molar-refractivity contribution < 1.29 is 4.79 Å². The summed E-state index contributed by atoms with van der Waals surface area (Å²) in [5.74, 6) is 0.284. The number of ketones is 1. The molecule has 2 nitrogen and oxygen atoms in total. The van der Waals surface area contributed by atoms with Crippen LogP contribution in [0.2, 0.25) is 0 Å². The zero-order valence-corrected chi connectivity index (χ0v) is 17.5. The molecule has 2 aliphatic rings. The maximum absolute atomic E-state index is 11.3. The second-order valence-corrected chi connectivity index (χ2v) is 8.53. The highest BCUT2D eigenvalue weighted by molar-refractivity contribution is 7.98. The summed E-state index contributed by atoms with van der Waals surface area (Å²) in [6.45, 7) is 4.66. The van der Waals surface area contributed by atoms with Crippen LogP contribution in [0.1, 0.15) is 48.4 Å². The van der Waals surface area contributed by atoms with E-state index < -0.39 is 0 Å². The van der Waals surface area contributed by atoms with Crippen molar-refractivity contribution in [2.45, 2.75) is 31.1 Å². The standard InChI is InChI=1S/C25H27NOS/c1-18(27)11-14-26-15-12-21(13-16-26)25-23-6-4-3-5-19(23)7-8-20-9-10-22(28-2)17-24(20)25/h3-10,17H,11-16H2,1-2H3. The lowest BCUT2D eigenvalue weighted by Crippen LogP contribution is -2.32. The number of hydrogen-bond donors (Lipinski definition) is 0. The molecule has 1 aliphatic carbocycles. The Morgan fingerprint density at radius 2 is 1.71 bits per heavy atom. The van der Waals surface area contributed by atoms with E-state index in [-0.39, 0.29) is 5.78 Å².